The van der Waals surface area contributed by atoms with E-state index in [0.29, 0.717) is 0 Å². The fraction of sp³-hybridized carbons (Fsp3) is 0.257. The Morgan fingerprint density at radius 2 is 1.24 bits per heavy atom. The van der Waals surface area contributed by atoms with Gasteiger partial charge in [-0.3, -0.25) is 0 Å². The lowest BCUT2D eigenvalue weighted by molar-refractivity contribution is 0.00506. The van der Waals surface area contributed by atoms with Crippen molar-refractivity contribution in [3.8, 4) is 11.1 Å². The molecule has 6 rings (SSSR count). The first-order chi connectivity index (χ1) is 17.7. The predicted octanol–water partition coefficient (Wildman–Crippen LogP) is 7.86. The van der Waals surface area contributed by atoms with Crippen LogP contribution in [0, 0.1) is 5.41 Å². The number of rotatable bonds is 5. The molecule has 2 heteroatoms. The number of fused-ring (bicyclic) bond motifs is 5. The molecule has 0 N–H and O–H groups in total. The molecule has 0 atom stereocenters. The van der Waals surface area contributed by atoms with Gasteiger partial charge in [-0.2, -0.15) is 0 Å². The molecule has 0 unspecified atom stereocenters. The van der Waals surface area contributed by atoms with Gasteiger partial charge >= 0.3 is 7.48 Å². The second kappa shape index (κ2) is 8.89. The summed E-state index contributed by atoms with van der Waals surface area (Å²) in [5, 5.41) is 0. The highest BCUT2D eigenvalue weighted by atomic mass is 16.5. The Kier molecular flexibility index (Phi) is 5.77. The zero-order valence-electron chi connectivity index (χ0n) is 22.6. The van der Waals surface area contributed by atoms with Gasteiger partial charge < -0.3 is 4.65 Å². The SMILES string of the molecule is CC(C)(C)C(C)(C)O[B]c1cccc2c1-c1ccc3c(c1C2)CC(c1ccccc1)=C3c1ccccc1. The highest BCUT2D eigenvalue weighted by molar-refractivity contribution is 6.50. The molecule has 2 aliphatic rings. The number of hydrogen-bond acceptors (Lipinski definition) is 1. The fourth-order valence-electron chi connectivity index (χ4n) is 5.59. The number of benzene rings is 4. The van der Waals surface area contributed by atoms with E-state index >= 15 is 0 Å². The summed E-state index contributed by atoms with van der Waals surface area (Å²) in [7, 11) is 2.00. The third-order valence-electron chi connectivity index (χ3n) is 8.65. The largest absolute Gasteiger partial charge is 0.429 e. The fourth-order valence-corrected chi connectivity index (χ4v) is 5.59. The van der Waals surface area contributed by atoms with Crippen LogP contribution in [0.15, 0.2) is 91.0 Å². The van der Waals surface area contributed by atoms with Crippen LogP contribution in [0.1, 0.15) is 68.0 Å². The molecule has 1 nitrogen and oxygen atoms in total. The molecule has 0 fully saturated rings. The van der Waals surface area contributed by atoms with E-state index in [0.717, 1.165) is 12.8 Å². The molecule has 0 saturated carbocycles. The summed E-state index contributed by atoms with van der Waals surface area (Å²) in [4.78, 5) is 0. The average molecular weight is 481 g/mol. The summed E-state index contributed by atoms with van der Waals surface area (Å²) in [6.45, 7) is 11.0. The van der Waals surface area contributed by atoms with Crippen LogP contribution in [0.25, 0.3) is 22.3 Å². The molecular formula is C35H34BO. The Labute approximate surface area is 222 Å². The lowest BCUT2D eigenvalue weighted by Gasteiger charge is -2.39. The molecule has 0 spiro atoms. The van der Waals surface area contributed by atoms with E-state index in [2.05, 4.69) is 126 Å². The van der Waals surface area contributed by atoms with E-state index in [1.165, 1.54) is 61.1 Å². The Bertz CT molecular complexity index is 1500. The minimum atomic E-state index is -0.270. The van der Waals surface area contributed by atoms with Gasteiger partial charge in [0.2, 0.25) is 0 Å². The van der Waals surface area contributed by atoms with Gasteiger partial charge in [-0.05, 0) is 93.2 Å². The van der Waals surface area contributed by atoms with Crippen LogP contribution < -0.4 is 5.46 Å². The van der Waals surface area contributed by atoms with E-state index in [9.17, 15) is 0 Å². The van der Waals surface area contributed by atoms with Crippen molar-refractivity contribution >= 4 is 24.1 Å². The molecule has 0 heterocycles. The molecule has 0 amide bonds. The second-order valence-corrected chi connectivity index (χ2v) is 11.9. The summed E-state index contributed by atoms with van der Waals surface area (Å²) in [5.74, 6) is 0. The first-order valence-electron chi connectivity index (χ1n) is 13.4. The first kappa shape index (κ1) is 24.0. The normalized spacial score (nSPS) is 14.4. The van der Waals surface area contributed by atoms with E-state index < -0.39 is 0 Å². The number of allylic oxidation sites excluding steroid dienone is 1. The summed E-state index contributed by atoms with van der Waals surface area (Å²) >= 11 is 0. The Balaban J connectivity index is 1.43. The molecule has 0 bridgehead atoms. The monoisotopic (exact) mass is 481 g/mol. The molecule has 4 aromatic rings. The van der Waals surface area contributed by atoms with E-state index in [-0.39, 0.29) is 11.0 Å². The van der Waals surface area contributed by atoms with Crippen molar-refractivity contribution < 1.29 is 4.65 Å². The van der Waals surface area contributed by atoms with Crippen LogP contribution in [0.2, 0.25) is 0 Å². The summed E-state index contributed by atoms with van der Waals surface area (Å²) in [6, 6.07) is 33.1. The summed E-state index contributed by atoms with van der Waals surface area (Å²) < 4.78 is 6.43. The van der Waals surface area contributed by atoms with Crippen molar-refractivity contribution in [3.63, 3.8) is 0 Å². The molecule has 183 valence electrons. The van der Waals surface area contributed by atoms with E-state index in [1.807, 2.05) is 7.48 Å². The van der Waals surface area contributed by atoms with Crippen LogP contribution in [-0.2, 0) is 17.5 Å². The van der Waals surface area contributed by atoms with Crippen molar-refractivity contribution in [2.45, 2.75) is 53.1 Å². The zero-order valence-corrected chi connectivity index (χ0v) is 22.6. The van der Waals surface area contributed by atoms with E-state index in [1.54, 1.807) is 0 Å². The minimum Gasteiger partial charge on any atom is -0.429 e. The highest BCUT2D eigenvalue weighted by Gasteiger charge is 2.35. The van der Waals surface area contributed by atoms with Crippen LogP contribution >= 0.6 is 0 Å². The zero-order chi connectivity index (χ0) is 25.8. The molecular weight excluding hydrogens is 447 g/mol. The third-order valence-corrected chi connectivity index (χ3v) is 8.65. The molecule has 2 aliphatic carbocycles. The third kappa shape index (κ3) is 4.08. The minimum absolute atomic E-state index is 0.0352. The second-order valence-electron chi connectivity index (χ2n) is 11.9. The molecule has 0 aromatic heterocycles. The maximum atomic E-state index is 6.43. The van der Waals surface area contributed by atoms with Crippen LogP contribution in [0.4, 0.5) is 0 Å². The standard InChI is InChI=1S/C35H34BO/c1-34(2,3)35(4,5)37-36-31-18-12-17-25-21-29-27(33(25)31)20-19-26-30(29)22-28(23-13-8-6-9-14-23)32(26)24-15-10-7-11-16-24/h6-20H,21-22H2,1-5H3. The van der Waals surface area contributed by atoms with Gasteiger partial charge in [0.05, 0.1) is 5.60 Å². The van der Waals surface area contributed by atoms with Gasteiger partial charge in [0.15, 0.2) is 0 Å². The topological polar surface area (TPSA) is 9.23 Å². The average Bonchev–Trinajstić information content (AvgIpc) is 3.47. The van der Waals surface area contributed by atoms with Crippen molar-refractivity contribution in [3.05, 3.63) is 124 Å². The first-order valence-corrected chi connectivity index (χ1v) is 13.4. The maximum absolute atomic E-state index is 6.43. The Morgan fingerprint density at radius 1 is 0.622 bits per heavy atom. The van der Waals surface area contributed by atoms with Crippen molar-refractivity contribution in [2.75, 3.05) is 0 Å². The Hall–Kier alpha value is -3.36. The molecule has 1 radical (unpaired) electrons. The predicted molar refractivity (Wildman–Crippen MR) is 157 cm³/mol. The van der Waals surface area contributed by atoms with Crippen LogP contribution in [0.3, 0.4) is 0 Å². The Morgan fingerprint density at radius 3 is 1.92 bits per heavy atom. The lowest BCUT2D eigenvalue weighted by atomic mass is 9.75. The van der Waals surface area contributed by atoms with E-state index in [4.69, 9.17) is 4.65 Å². The van der Waals surface area contributed by atoms with Crippen LogP contribution in [0.5, 0.6) is 0 Å². The summed E-state index contributed by atoms with van der Waals surface area (Å²) in [6.07, 6.45) is 1.94. The molecule has 37 heavy (non-hydrogen) atoms. The highest BCUT2D eigenvalue weighted by Crippen LogP contribution is 2.48. The maximum Gasteiger partial charge on any atom is 0.331 e. The van der Waals surface area contributed by atoms with Gasteiger partial charge in [-0.15, -0.1) is 0 Å². The quantitative estimate of drug-likeness (QED) is 0.232. The smallest absolute Gasteiger partial charge is 0.331 e. The summed E-state index contributed by atoms with van der Waals surface area (Å²) in [5.41, 5.74) is 14.8. The van der Waals surface area contributed by atoms with Crippen molar-refractivity contribution in [1.29, 1.82) is 0 Å². The number of hydrogen-bond donors (Lipinski definition) is 0. The van der Waals surface area contributed by atoms with Crippen LogP contribution in [-0.4, -0.2) is 13.1 Å². The van der Waals surface area contributed by atoms with Gasteiger partial charge in [0, 0.05) is 0 Å². The molecule has 4 aromatic carbocycles. The van der Waals surface area contributed by atoms with Gasteiger partial charge in [-0.25, -0.2) is 0 Å². The molecule has 0 aliphatic heterocycles. The van der Waals surface area contributed by atoms with Crippen molar-refractivity contribution in [2.24, 2.45) is 5.41 Å². The lowest BCUT2D eigenvalue weighted by Crippen LogP contribution is -2.42. The van der Waals surface area contributed by atoms with Gasteiger partial charge in [0.1, 0.15) is 0 Å². The van der Waals surface area contributed by atoms with Gasteiger partial charge in [-0.1, -0.05) is 112 Å². The molecule has 0 saturated heterocycles. The van der Waals surface area contributed by atoms with Gasteiger partial charge in [0.25, 0.3) is 0 Å². The van der Waals surface area contributed by atoms with Crippen molar-refractivity contribution in [1.82, 2.24) is 0 Å².